The van der Waals surface area contributed by atoms with Crippen molar-refractivity contribution in [2.75, 3.05) is 11.6 Å². The van der Waals surface area contributed by atoms with Gasteiger partial charge in [-0.25, -0.2) is 14.5 Å². The van der Waals surface area contributed by atoms with Crippen LogP contribution in [0.1, 0.15) is 22.5 Å². The number of thiazole rings is 1. The largest absolute Gasteiger partial charge is 0.302 e. The lowest BCUT2D eigenvalue weighted by atomic mass is 10.1. The molecule has 0 fully saturated rings. The Balaban J connectivity index is 1.59. The van der Waals surface area contributed by atoms with Crippen LogP contribution in [0.15, 0.2) is 23.4 Å². The Morgan fingerprint density at radius 2 is 2.04 bits per heavy atom. The fraction of sp³-hybridized carbons (Fsp3) is 0.278. The van der Waals surface area contributed by atoms with Crippen LogP contribution in [-0.2, 0) is 11.2 Å². The van der Waals surface area contributed by atoms with Gasteiger partial charge in [-0.1, -0.05) is 29.2 Å². The summed E-state index contributed by atoms with van der Waals surface area (Å²) >= 11 is 2.94. The van der Waals surface area contributed by atoms with Crippen LogP contribution in [0.2, 0.25) is 0 Å². The highest BCUT2D eigenvalue weighted by atomic mass is 32.2. The second-order valence-electron chi connectivity index (χ2n) is 6.29. The van der Waals surface area contributed by atoms with E-state index in [0.717, 1.165) is 27.2 Å². The van der Waals surface area contributed by atoms with Crippen LogP contribution in [0.4, 0.5) is 5.13 Å². The molecule has 0 saturated heterocycles. The molecule has 0 spiro atoms. The lowest BCUT2D eigenvalue weighted by Gasteiger charge is -2.09. The number of benzene rings is 1. The van der Waals surface area contributed by atoms with Gasteiger partial charge < -0.3 is 5.32 Å². The van der Waals surface area contributed by atoms with Gasteiger partial charge in [0, 0.05) is 17.0 Å². The lowest BCUT2D eigenvalue weighted by Crippen LogP contribution is -2.17. The zero-order valence-electron chi connectivity index (χ0n) is 15.4. The number of carbonyl (C=O) groups is 1. The molecule has 4 rings (SSSR count). The highest BCUT2D eigenvalue weighted by Gasteiger charge is 2.17. The van der Waals surface area contributed by atoms with Crippen molar-refractivity contribution >= 4 is 50.1 Å². The highest BCUT2D eigenvalue weighted by molar-refractivity contribution is 7.98. The third-order valence-electron chi connectivity index (χ3n) is 4.34. The molecule has 0 radical (unpaired) electrons. The van der Waals surface area contributed by atoms with Gasteiger partial charge in [0.25, 0.3) is 5.78 Å². The predicted octanol–water partition coefficient (Wildman–Crippen LogP) is 3.56. The third kappa shape index (κ3) is 3.40. The molecule has 138 valence electrons. The number of fused-ring (bicyclic) bond motifs is 2. The fourth-order valence-electron chi connectivity index (χ4n) is 2.94. The van der Waals surface area contributed by atoms with E-state index in [1.165, 1.54) is 28.7 Å². The Bertz CT molecular complexity index is 1180. The van der Waals surface area contributed by atoms with Crippen molar-refractivity contribution < 1.29 is 4.79 Å². The maximum atomic E-state index is 12.6. The first-order valence-electron chi connectivity index (χ1n) is 8.38. The quantitative estimate of drug-likeness (QED) is 0.529. The van der Waals surface area contributed by atoms with E-state index in [-0.39, 0.29) is 12.3 Å². The van der Waals surface area contributed by atoms with Crippen molar-refractivity contribution in [3.8, 4) is 0 Å². The summed E-state index contributed by atoms with van der Waals surface area (Å²) in [4.78, 5) is 26.0. The van der Waals surface area contributed by atoms with Crippen LogP contribution >= 0.6 is 23.1 Å². The van der Waals surface area contributed by atoms with Gasteiger partial charge in [-0.15, -0.1) is 5.10 Å². The topological polar surface area (TPSA) is 85.1 Å². The van der Waals surface area contributed by atoms with Gasteiger partial charge in [-0.3, -0.25) is 4.79 Å². The van der Waals surface area contributed by atoms with Crippen LogP contribution in [0.5, 0.6) is 0 Å². The number of carbonyl (C=O) groups excluding carboxylic acids is 1. The molecule has 0 saturated carbocycles. The second kappa shape index (κ2) is 6.90. The lowest BCUT2D eigenvalue weighted by molar-refractivity contribution is -0.115. The third-order valence-corrected chi connectivity index (χ3v) is 5.81. The Morgan fingerprint density at radius 1 is 1.22 bits per heavy atom. The minimum absolute atomic E-state index is 0.122. The van der Waals surface area contributed by atoms with Crippen LogP contribution < -0.4 is 5.32 Å². The highest BCUT2D eigenvalue weighted by Crippen LogP contribution is 2.27. The average molecular weight is 399 g/mol. The van der Waals surface area contributed by atoms with Crippen LogP contribution in [0.3, 0.4) is 0 Å². The number of aromatic nitrogens is 5. The van der Waals surface area contributed by atoms with Crippen molar-refractivity contribution in [3.63, 3.8) is 0 Å². The standard InChI is InChI=1S/C18H18N6OS2/c1-9-5-6-13-14(7-9)27-17(20-13)21-15(25)8-12-10(2)19-16-22-18(26-4)23-24(16)11(12)3/h5-7H,8H2,1-4H3,(H,20,21,25). The van der Waals surface area contributed by atoms with Gasteiger partial charge in [-0.05, 0) is 44.7 Å². The molecule has 3 heterocycles. The Morgan fingerprint density at radius 3 is 2.81 bits per heavy atom. The van der Waals surface area contributed by atoms with E-state index in [0.29, 0.717) is 16.1 Å². The normalized spacial score (nSPS) is 11.4. The molecule has 0 aliphatic carbocycles. The summed E-state index contributed by atoms with van der Waals surface area (Å²) in [6, 6.07) is 6.06. The maximum absolute atomic E-state index is 12.6. The van der Waals surface area contributed by atoms with Gasteiger partial charge in [0.15, 0.2) is 5.13 Å². The van der Waals surface area contributed by atoms with E-state index in [4.69, 9.17) is 0 Å². The fourth-order valence-corrected chi connectivity index (χ4v) is 4.26. The summed E-state index contributed by atoms with van der Waals surface area (Å²) in [5.41, 5.74) is 4.58. The average Bonchev–Trinajstić information content (AvgIpc) is 3.21. The summed E-state index contributed by atoms with van der Waals surface area (Å²) in [5.74, 6) is 0.434. The Kier molecular flexibility index (Phi) is 4.56. The maximum Gasteiger partial charge on any atom is 0.253 e. The number of thioether (sulfide) groups is 1. The predicted molar refractivity (Wildman–Crippen MR) is 109 cm³/mol. The minimum Gasteiger partial charge on any atom is -0.302 e. The van der Waals surface area contributed by atoms with E-state index in [2.05, 4.69) is 31.4 Å². The molecule has 1 amide bonds. The van der Waals surface area contributed by atoms with Crippen LogP contribution in [0, 0.1) is 20.8 Å². The number of amides is 1. The zero-order chi connectivity index (χ0) is 19.1. The van der Waals surface area contributed by atoms with E-state index in [1.807, 2.05) is 39.2 Å². The summed E-state index contributed by atoms with van der Waals surface area (Å²) in [6.07, 6.45) is 2.13. The van der Waals surface area contributed by atoms with Gasteiger partial charge >= 0.3 is 0 Å². The van der Waals surface area contributed by atoms with Crippen molar-refractivity contribution in [1.82, 2.24) is 24.6 Å². The van der Waals surface area contributed by atoms with E-state index in [9.17, 15) is 4.79 Å². The number of hydrogen-bond acceptors (Lipinski definition) is 7. The summed E-state index contributed by atoms with van der Waals surface area (Å²) in [6.45, 7) is 5.87. The second-order valence-corrected chi connectivity index (χ2v) is 8.09. The number of nitrogens with zero attached hydrogens (tertiary/aromatic N) is 5. The van der Waals surface area contributed by atoms with Crippen molar-refractivity contribution in [2.24, 2.45) is 0 Å². The summed E-state index contributed by atoms with van der Waals surface area (Å²) in [5, 5.41) is 8.60. The monoisotopic (exact) mass is 398 g/mol. The molecular formula is C18H18N6OS2. The molecule has 3 aromatic heterocycles. The van der Waals surface area contributed by atoms with Crippen molar-refractivity contribution in [3.05, 3.63) is 40.7 Å². The number of hydrogen-bond donors (Lipinski definition) is 1. The number of aryl methyl sites for hydroxylation is 3. The summed E-state index contributed by atoms with van der Waals surface area (Å²) in [7, 11) is 0. The van der Waals surface area contributed by atoms with Crippen LogP contribution in [0.25, 0.3) is 16.0 Å². The minimum atomic E-state index is -0.122. The molecule has 4 aromatic rings. The van der Waals surface area contributed by atoms with Crippen molar-refractivity contribution in [2.45, 2.75) is 32.3 Å². The molecule has 1 N–H and O–H groups in total. The molecule has 0 aliphatic heterocycles. The van der Waals surface area contributed by atoms with E-state index < -0.39 is 0 Å². The Labute approximate surface area is 164 Å². The molecule has 1 aromatic carbocycles. The molecule has 9 heteroatoms. The van der Waals surface area contributed by atoms with Gasteiger partial charge in [0.1, 0.15) is 0 Å². The van der Waals surface area contributed by atoms with Crippen molar-refractivity contribution in [1.29, 1.82) is 0 Å². The number of anilines is 1. The number of nitrogens with one attached hydrogen (secondary N) is 1. The van der Waals surface area contributed by atoms with Gasteiger partial charge in [0.05, 0.1) is 16.6 Å². The molecule has 27 heavy (non-hydrogen) atoms. The molecule has 0 aliphatic rings. The van der Waals surface area contributed by atoms with E-state index >= 15 is 0 Å². The summed E-state index contributed by atoms with van der Waals surface area (Å²) < 4.78 is 2.76. The van der Waals surface area contributed by atoms with Gasteiger partial charge in [-0.2, -0.15) is 4.98 Å². The first-order chi connectivity index (χ1) is 12.9. The zero-order valence-corrected chi connectivity index (χ0v) is 17.0. The number of rotatable bonds is 4. The first-order valence-corrected chi connectivity index (χ1v) is 10.4. The smallest absolute Gasteiger partial charge is 0.253 e. The molecule has 0 bridgehead atoms. The van der Waals surface area contributed by atoms with Crippen LogP contribution in [-0.4, -0.2) is 36.7 Å². The van der Waals surface area contributed by atoms with Gasteiger partial charge in [0.2, 0.25) is 11.1 Å². The SMILES string of the molecule is CSc1nc2nc(C)c(CC(=O)Nc3nc4ccc(C)cc4s3)c(C)n2n1. The Hall–Kier alpha value is -2.52. The molecule has 0 unspecified atom stereocenters. The first kappa shape index (κ1) is 17.9. The molecule has 7 nitrogen and oxygen atoms in total. The molecular weight excluding hydrogens is 380 g/mol. The molecule has 0 atom stereocenters. The van der Waals surface area contributed by atoms with E-state index in [1.54, 1.807) is 4.52 Å².